The van der Waals surface area contributed by atoms with Crippen molar-refractivity contribution in [1.29, 1.82) is 0 Å². The Bertz CT molecular complexity index is 602. The molecular weight excluding hydrogens is 312 g/mol. The van der Waals surface area contributed by atoms with Gasteiger partial charge in [-0.15, -0.1) is 11.3 Å². The molecule has 1 aromatic heterocycles. The third-order valence-corrected chi connectivity index (χ3v) is 4.46. The summed E-state index contributed by atoms with van der Waals surface area (Å²) in [6.07, 6.45) is 0. The average Bonchev–Trinajstić information content (AvgIpc) is 2.78. The molecule has 2 nitrogen and oxygen atoms in total. The molecule has 1 aromatic carbocycles. The molecule has 0 amide bonds. The maximum absolute atomic E-state index is 12.4. The Balaban J connectivity index is 2.51. The zero-order chi connectivity index (χ0) is 13.3. The maximum atomic E-state index is 12.4. The van der Waals surface area contributed by atoms with Gasteiger partial charge < -0.3 is 4.74 Å². The molecule has 0 aliphatic rings. The van der Waals surface area contributed by atoms with E-state index in [1.165, 1.54) is 11.3 Å². The molecule has 0 radical (unpaired) electrons. The van der Waals surface area contributed by atoms with Gasteiger partial charge in [0.1, 0.15) is 5.75 Å². The van der Waals surface area contributed by atoms with Crippen molar-refractivity contribution in [3.8, 4) is 5.75 Å². The second-order valence-electron chi connectivity index (χ2n) is 4.06. The first-order valence-electron chi connectivity index (χ1n) is 5.47. The van der Waals surface area contributed by atoms with Crippen LogP contribution in [0, 0.1) is 13.8 Å². The van der Waals surface area contributed by atoms with Crippen LogP contribution in [0.15, 0.2) is 27.4 Å². The van der Waals surface area contributed by atoms with E-state index in [4.69, 9.17) is 4.74 Å². The predicted octanol–water partition coefficient (Wildman–Crippen LogP) is 4.37. The van der Waals surface area contributed by atoms with Gasteiger partial charge in [0.25, 0.3) is 0 Å². The summed E-state index contributed by atoms with van der Waals surface area (Å²) in [7, 11) is 1.60. The quantitative estimate of drug-likeness (QED) is 0.784. The fraction of sp³-hybridized carbons (Fsp3) is 0.214. The highest BCUT2D eigenvalue weighted by Crippen LogP contribution is 2.30. The zero-order valence-corrected chi connectivity index (χ0v) is 12.8. The van der Waals surface area contributed by atoms with Crippen LogP contribution < -0.4 is 4.74 Å². The number of carbonyl (C=O) groups excluding carboxylic acids is 1. The summed E-state index contributed by atoms with van der Waals surface area (Å²) >= 11 is 4.87. The number of hydrogen-bond donors (Lipinski definition) is 0. The van der Waals surface area contributed by atoms with Gasteiger partial charge in [-0.05, 0) is 53.0 Å². The van der Waals surface area contributed by atoms with Gasteiger partial charge in [0, 0.05) is 10.9 Å². The Labute approximate surface area is 119 Å². The van der Waals surface area contributed by atoms with E-state index in [1.807, 2.05) is 37.4 Å². The highest BCUT2D eigenvalue weighted by Gasteiger charge is 2.18. The number of halogens is 1. The first kappa shape index (κ1) is 13.3. The molecule has 0 atom stereocenters. The Hall–Kier alpha value is -1.13. The second kappa shape index (κ2) is 5.24. The molecule has 0 unspecified atom stereocenters. The normalized spacial score (nSPS) is 10.4. The maximum Gasteiger partial charge on any atom is 0.197 e. The lowest BCUT2D eigenvalue weighted by Crippen LogP contribution is -2.05. The number of ketones is 1. The lowest BCUT2D eigenvalue weighted by molar-refractivity contribution is 0.103. The van der Waals surface area contributed by atoms with E-state index in [0.717, 1.165) is 14.9 Å². The summed E-state index contributed by atoms with van der Waals surface area (Å²) in [4.78, 5) is 12.4. The van der Waals surface area contributed by atoms with Crippen LogP contribution in [0.1, 0.15) is 27.0 Å². The van der Waals surface area contributed by atoms with Gasteiger partial charge in [-0.3, -0.25) is 4.79 Å². The highest BCUT2D eigenvalue weighted by atomic mass is 79.9. The summed E-state index contributed by atoms with van der Waals surface area (Å²) in [6, 6.07) is 5.61. The van der Waals surface area contributed by atoms with E-state index in [1.54, 1.807) is 7.11 Å². The smallest absolute Gasteiger partial charge is 0.197 e. The molecule has 18 heavy (non-hydrogen) atoms. The minimum Gasteiger partial charge on any atom is -0.496 e. The van der Waals surface area contributed by atoms with E-state index >= 15 is 0 Å². The highest BCUT2D eigenvalue weighted by molar-refractivity contribution is 9.11. The number of carbonyl (C=O) groups is 1. The van der Waals surface area contributed by atoms with Gasteiger partial charge in [-0.2, -0.15) is 0 Å². The van der Waals surface area contributed by atoms with E-state index < -0.39 is 0 Å². The number of rotatable bonds is 3. The molecule has 0 fully saturated rings. The number of hydrogen-bond acceptors (Lipinski definition) is 3. The molecule has 0 spiro atoms. The summed E-state index contributed by atoms with van der Waals surface area (Å²) in [5, 5.41) is 1.85. The van der Waals surface area contributed by atoms with Crippen LogP contribution in [-0.2, 0) is 0 Å². The van der Waals surface area contributed by atoms with Crippen molar-refractivity contribution < 1.29 is 9.53 Å². The average molecular weight is 325 g/mol. The van der Waals surface area contributed by atoms with E-state index in [2.05, 4.69) is 15.9 Å². The summed E-state index contributed by atoms with van der Waals surface area (Å²) in [5.41, 5.74) is 3.44. The van der Waals surface area contributed by atoms with E-state index in [0.29, 0.717) is 16.9 Å². The molecule has 2 rings (SSSR count). The van der Waals surface area contributed by atoms with Crippen LogP contribution in [0.3, 0.4) is 0 Å². The standard InChI is InChI=1S/C14H13BrO2S/c1-8-4-5-11(14(17-3)9(8)2)13(16)10-6-12(15)18-7-10/h4-7H,1-3H3. The number of thiophene rings is 1. The third-order valence-electron chi connectivity index (χ3n) is 2.96. The van der Waals surface area contributed by atoms with Crippen molar-refractivity contribution in [3.63, 3.8) is 0 Å². The van der Waals surface area contributed by atoms with Crippen molar-refractivity contribution >= 4 is 33.0 Å². The molecule has 0 N–H and O–H groups in total. The van der Waals surface area contributed by atoms with E-state index in [9.17, 15) is 4.79 Å². The topological polar surface area (TPSA) is 26.3 Å². The van der Waals surface area contributed by atoms with Crippen LogP contribution in [0.25, 0.3) is 0 Å². The molecule has 94 valence electrons. The monoisotopic (exact) mass is 324 g/mol. The third kappa shape index (κ3) is 2.35. The molecule has 0 bridgehead atoms. The number of benzene rings is 1. The minimum atomic E-state index is -0.00287. The summed E-state index contributed by atoms with van der Waals surface area (Å²) in [5.74, 6) is 0.666. The molecule has 0 saturated heterocycles. The molecule has 0 saturated carbocycles. The number of methoxy groups -OCH3 is 1. The van der Waals surface area contributed by atoms with Gasteiger partial charge in [-0.25, -0.2) is 0 Å². The number of aryl methyl sites for hydroxylation is 1. The Morgan fingerprint density at radius 3 is 2.61 bits per heavy atom. The molecular formula is C14H13BrO2S. The first-order valence-corrected chi connectivity index (χ1v) is 7.14. The van der Waals surface area contributed by atoms with Crippen molar-refractivity contribution in [3.05, 3.63) is 49.6 Å². The van der Waals surface area contributed by atoms with Crippen molar-refractivity contribution in [2.24, 2.45) is 0 Å². The lowest BCUT2D eigenvalue weighted by atomic mass is 9.99. The SMILES string of the molecule is COc1c(C(=O)c2csc(Br)c2)ccc(C)c1C. The van der Waals surface area contributed by atoms with Gasteiger partial charge in [0.2, 0.25) is 0 Å². The first-order chi connectivity index (χ1) is 8.54. The van der Waals surface area contributed by atoms with Crippen LogP contribution in [0.2, 0.25) is 0 Å². The molecule has 2 aromatic rings. The molecule has 0 aliphatic carbocycles. The van der Waals surface area contributed by atoms with Crippen LogP contribution in [0.4, 0.5) is 0 Å². The summed E-state index contributed by atoms with van der Waals surface area (Å²) in [6.45, 7) is 3.97. The van der Waals surface area contributed by atoms with Crippen molar-refractivity contribution in [2.75, 3.05) is 7.11 Å². The lowest BCUT2D eigenvalue weighted by Gasteiger charge is -2.12. The van der Waals surface area contributed by atoms with Gasteiger partial charge in [0.15, 0.2) is 5.78 Å². The van der Waals surface area contributed by atoms with Crippen LogP contribution in [-0.4, -0.2) is 12.9 Å². The number of ether oxygens (including phenoxy) is 1. The Morgan fingerprint density at radius 1 is 1.33 bits per heavy atom. The summed E-state index contributed by atoms with van der Waals surface area (Å²) < 4.78 is 6.33. The second-order valence-corrected chi connectivity index (χ2v) is 6.35. The Morgan fingerprint density at radius 2 is 2.06 bits per heavy atom. The molecule has 4 heteroatoms. The minimum absolute atomic E-state index is 0.00287. The van der Waals surface area contributed by atoms with Crippen LogP contribution in [0.5, 0.6) is 5.75 Å². The van der Waals surface area contributed by atoms with E-state index in [-0.39, 0.29) is 5.78 Å². The van der Waals surface area contributed by atoms with Gasteiger partial charge in [-0.1, -0.05) is 6.07 Å². The molecule has 1 heterocycles. The predicted molar refractivity (Wildman–Crippen MR) is 77.9 cm³/mol. The molecule has 0 aliphatic heterocycles. The fourth-order valence-corrected chi connectivity index (χ4v) is 2.95. The van der Waals surface area contributed by atoms with Gasteiger partial charge >= 0.3 is 0 Å². The largest absolute Gasteiger partial charge is 0.496 e. The fourth-order valence-electron chi connectivity index (χ4n) is 1.82. The van der Waals surface area contributed by atoms with Crippen molar-refractivity contribution in [2.45, 2.75) is 13.8 Å². The zero-order valence-electron chi connectivity index (χ0n) is 10.4. The Kier molecular flexibility index (Phi) is 3.88. The van der Waals surface area contributed by atoms with Crippen molar-refractivity contribution in [1.82, 2.24) is 0 Å². The van der Waals surface area contributed by atoms with Crippen LogP contribution >= 0.6 is 27.3 Å². The van der Waals surface area contributed by atoms with Gasteiger partial charge in [0.05, 0.1) is 16.5 Å².